The first-order valence-corrected chi connectivity index (χ1v) is 6.74. The molecule has 0 bridgehead atoms. The summed E-state index contributed by atoms with van der Waals surface area (Å²) >= 11 is 0. The summed E-state index contributed by atoms with van der Waals surface area (Å²) in [6.45, 7) is 4.15. The molecule has 18 heavy (non-hydrogen) atoms. The number of aryl methyl sites for hydroxylation is 1. The third kappa shape index (κ3) is 2.55. The SMILES string of the molecule is CCCCC(=O)N1c2ccc(F)cc2CC[C@H]1C. The van der Waals surface area contributed by atoms with Crippen LogP contribution in [0.15, 0.2) is 18.2 Å². The lowest BCUT2D eigenvalue weighted by Gasteiger charge is -2.35. The minimum Gasteiger partial charge on any atom is -0.309 e. The molecule has 3 heteroatoms. The Balaban J connectivity index is 2.27. The van der Waals surface area contributed by atoms with Crippen LogP contribution in [0.1, 0.15) is 45.1 Å². The maximum absolute atomic E-state index is 13.2. The lowest BCUT2D eigenvalue weighted by molar-refractivity contribution is -0.119. The van der Waals surface area contributed by atoms with Gasteiger partial charge in [-0.3, -0.25) is 4.79 Å². The van der Waals surface area contributed by atoms with E-state index in [1.54, 1.807) is 12.1 Å². The zero-order valence-corrected chi connectivity index (χ0v) is 11.1. The minimum absolute atomic E-state index is 0.164. The number of rotatable bonds is 3. The molecule has 0 fully saturated rings. The molecule has 0 aromatic heterocycles. The van der Waals surface area contributed by atoms with Crippen molar-refractivity contribution in [2.75, 3.05) is 4.90 Å². The Morgan fingerprint density at radius 2 is 2.28 bits per heavy atom. The molecule has 0 saturated carbocycles. The first-order valence-electron chi connectivity index (χ1n) is 6.74. The summed E-state index contributed by atoms with van der Waals surface area (Å²) in [6.07, 6.45) is 4.28. The quantitative estimate of drug-likeness (QED) is 0.800. The molecule has 0 aliphatic carbocycles. The maximum atomic E-state index is 13.2. The fourth-order valence-electron chi connectivity index (χ4n) is 2.55. The van der Waals surface area contributed by atoms with Gasteiger partial charge in [-0.15, -0.1) is 0 Å². The minimum atomic E-state index is -0.218. The van der Waals surface area contributed by atoms with E-state index in [4.69, 9.17) is 0 Å². The van der Waals surface area contributed by atoms with Crippen molar-refractivity contribution in [1.29, 1.82) is 0 Å². The van der Waals surface area contributed by atoms with Crippen molar-refractivity contribution in [3.8, 4) is 0 Å². The number of nitrogens with zero attached hydrogens (tertiary/aromatic N) is 1. The number of carbonyl (C=O) groups excluding carboxylic acids is 1. The summed E-state index contributed by atoms with van der Waals surface area (Å²) in [5, 5.41) is 0. The monoisotopic (exact) mass is 249 g/mol. The van der Waals surface area contributed by atoms with Crippen molar-refractivity contribution in [3.63, 3.8) is 0 Å². The molecule has 0 unspecified atom stereocenters. The Labute approximate surface area is 108 Å². The Morgan fingerprint density at radius 3 is 3.00 bits per heavy atom. The molecule has 1 heterocycles. The van der Waals surface area contributed by atoms with Gasteiger partial charge in [-0.1, -0.05) is 13.3 Å². The number of benzene rings is 1. The van der Waals surface area contributed by atoms with E-state index in [0.717, 1.165) is 36.9 Å². The van der Waals surface area contributed by atoms with E-state index in [1.165, 1.54) is 6.07 Å². The molecule has 1 atom stereocenters. The number of amides is 1. The Morgan fingerprint density at radius 1 is 1.50 bits per heavy atom. The lowest BCUT2D eigenvalue weighted by atomic mass is 9.96. The highest BCUT2D eigenvalue weighted by Gasteiger charge is 2.27. The second-order valence-corrected chi connectivity index (χ2v) is 5.03. The van der Waals surface area contributed by atoms with E-state index >= 15 is 0 Å². The number of fused-ring (bicyclic) bond motifs is 1. The Kier molecular flexibility index (Phi) is 4.00. The van der Waals surface area contributed by atoms with Gasteiger partial charge in [0.15, 0.2) is 0 Å². The van der Waals surface area contributed by atoms with Gasteiger partial charge in [-0.05, 0) is 49.9 Å². The van der Waals surface area contributed by atoms with Crippen LogP contribution in [0.2, 0.25) is 0 Å². The van der Waals surface area contributed by atoms with Gasteiger partial charge < -0.3 is 4.90 Å². The van der Waals surface area contributed by atoms with E-state index in [9.17, 15) is 9.18 Å². The number of hydrogen-bond acceptors (Lipinski definition) is 1. The van der Waals surface area contributed by atoms with E-state index in [2.05, 4.69) is 13.8 Å². The molecule has 0 saturated heterocycles. The van der Waals surface area contributed by atoms with Crippen molar-refractivity contribution >= 4 is 11.6 Å². The highest BCUT2D eigenvalue weighted by atomic mass is 19.1. The number of unbranched alkanes of at least 4 members (excludes halogenated alkanes) is 1. The molecule has 2 nitrogen and oxygen atoms in total. The second kappa shape index (κ2) is 5.51. The summed E-state index contributed by atoms with van der Waals surface area (Å²) in [5.74, 6) is -0.0545. The van der Waals surface area contributed by atoms with Gasteiger partial charge in [-0.25, -0.2) is 4.39 Å². The van der Waals surface area contributed by atoms with E-state index in [-0.39, 0.29) is 17.8 Å². The molecule has 1 aliphatic heterocycles. The summed E-state index contributed by atoms with van der Waals surface area (Å²) < 4.78 is 13.2. The average Bonchev–Trinajstić information content (AvgIpc) is 2.36. The van der Waals surface area contributed by atoms with Crippen LogP contribution < -0.4 is 4.90 Å². The van der Waals surface area contributed by atoms with Crippen LogP contribution >= 0.6 is 0 Å². The Hall–Kier alpha value is -1.38. The molecular weight excluding hydrogens is 229 g/mol. The van der Waals surface area contributed by atoms with Gasteiger partial charge >= 0.3 is 0 Å². The van der Waals surface area contributed by atoms with Crippen LogP contribution in [0.25, 0.3) is 0 Å². The smallest absolute Gasteiger partial charge is 0.227 e. The van der Waals surface area contributed by atoms with Crippen molar-refractivity contribution in [3.05, 3.63) is 29.6 Å². The molecule has 0 radical (unpaired) electrons. The number of carbonyl (C=O) groups is 1. The van der Waals surface area contributed by atoms with Gasteiger partial charge in [0.2, 0.25) is 5.91 Å². The number of anilines is 1. The van der Waals surface area contributed by atoms with E-state index in [1.807, 2.05) is 4.90 Å². The second-order valence-electron chi connectivity index (χ2n) is 5.03. The highest BCUT2D eigenvalue weighted by molar-refractivity contribution is 5.95. The normalized spacial score (nSPS) is 18.6. The Bertz CT molecular complexity index is 444. The molecule has 1 aromatic rings. The topological polar surface area (TPSA) is 20.3 Å². The van der Waals surface area contributed by atoms with Crippen LogP contribution in [0.3, 0.4) is 0 Å². The van der Waals surface area contributed by atoms with Crippen molar-refractivity contribution < 1.29 is 9.18 Å². The summed E-state index contributed by atoms with van der Waals surface area (Å²) in [6, 6.07) is 4.95. The summed E-state index contributed by atoms with van der Waals surface area (Å²) in [5.41, 5.74) is 1.86. The van der Waals surface area contributed by atoms with E-state index < -0.39 is 0 Å². The fourth-order valence-corrected chi connectivity index (χ4v) is 2.55. The fraction of sp³-hybridized carbons (Fsp3) is 0.533. The standard InChI is InChI=1S/C15H20FNO/c1-3-4-5-15(18)17-11(2)6-7-12-10-13(16)8-9-14(12)17/h8-11H,3-7H2,1-2H3/t11-/m1/s1. The molecule has 1 aromatic carbocycles. The van der Waals surface area contributed by atoms with Gasteiger partial charge in [0.1, 0.15) is 5.82 Å². The predicted octanol–water partition coefficient (Wildman–Crippen LogP) is 3.68. The van der Waals surface area contributed by atoms with Gasteiger partial charge in [-0.2, -0.15) is 0 Å². The zero-order chi connectivity index (χ0) is 13.1. The van der Waals surface area contributed by atoms with Crippen molar-refractivity contribution in [2.45, 2.75) is 52.0 Å². The van der Waals surface area contributed by atoms with E-state index in [0.29, 0.717) is 6.42 Å². The molecule has 98 valence electrons. The predicted molar refractivity (Wildman–Crippen MR) is 71.2 cm³/mol. The molecule has 0 spiro atoms. The first-order chi connectivity index (χ1) is 8.63. The third-order valence-corrected chi connectivity index (χ3v) is 3.59. The average molecular weight is 249 g/mol. The number of halogens is 1. The summed E-state index contributed by atoms with van der Waals surface area (Å²) in [7, 11) is 0. The maximum Gasteiger partial charge on any atom is 0.227 e. The molecule has 1 aliphatic rings. The van der Waals surface area contributed by atoms with Crippen LogP contribution in [0.5, 0.6) is 0 Å². The lowest BCUT2D eigenvalue weighted by Crippen LogP contribution is -2.42. The highest BCUT2D eigenvalue weighted by Crippen LogP contribution is 2.31. The molecule has 2 rings (SSSR count). The third-order valence-electron chi connectivity index (χ3n) is 3.59. The molecule has 0 N–H and O–H groups in total. The van der Waals surface area contributed by atoms with Crippen LogP contribution in [-0.2, 0) is 11.2 Å². The van der Waals surface area contributed by atoms with Gasteiger partial charge in [0, 0.05) is 18.2 Å². The van der Waals surface area contributed by atoms with Crippen LogP contribution in [0.4, 0.5) is 10.1 Å². The molecule has 1 amide bonds. The van der Waals surface area contributed by atoms with Crippen molar-refractivity contribution in [1.82, 2.24) is 0 Å². The van der Waals surface area contributed by atoms with Crippen molar-refractivity contribution in [2.24, 2.45) is 0 Å². The zero-order valence-electron chi connectivity index (χ0n) is 11.1. The summed E-state index contributed by atoms with van der Waals surface area (Å²) in [4.78, 5) is 14.1. The van der Waals surface area contributed by atoms with Gasteiger partial charge in [0.25, 0.3) is 0 Å². The number of hydrogen-bond donors (Lipinski definition) is 0. The van der Waals surface area contributed by atoms with Crippen LogP contribution in [0, 0.1) is 5.82 Å². The van der Waals surface area contributed by atoms with Crippen LogP contribution in [-0.4, -0.2) is 11.9 Å². The first kappa shape index (κ1) is 13.1. The van der Waals surface area contributed by atoms with Gasteiger partial charge in [0.05, 0.1) is 0 Å². The molecular formula is C15H20FNO. The largest absolute Gasteiger partial charge is 0.309 e.